The van der Waals surface area contributed by atoms with Crippen molar-refractivity contribution in [3.8, 4) is 22.3 Å². The molecule has 2 aliphatic heterocycles. The third-order valence-corrected chi connectivity index (χ3v) is 14.6. The molecule has 0 fully saturated rings. The summed E-state index contributed by atoms with van der Waals surface area (Å²) in [7, 11) is 0. The fourth-order valence-corrected chi connectivity index (χ4v) is 12.4. The van der Waals surface area contributed by atoms with Crippen LogP contribution < -0.4 is 25.5 Å². The van der Waals surface area contributed by atoms with Crippen LogP contribution in [-0.2, 0) is 5.41 Å². The first-order valence-electron chi connectivity index (χ1n) is 20.5. The Morgan fingerprint density at radius 2 is 1.00 bits per heavy atom. The first kappa shape index (κ1) is 32.5. The van der Waals surface area contributed by atoms with Gasteiger partial charge in [-0.15, -0.1) is 11.3 Å². The van der Waals surface area contributed by atoms with Crippen LogP contribution in [0.15, 0.2) is 182 Å². The molecule has 0 N–H and O–H groups in total. The van der Waals surface area contributed by atoms with Gasteiger partial charge < -0.3 is 9.80 Å². The van der Waals surface area contributed by atoms with Crippen molar-refractivity contribution in [2.24, 2.45) is 0 Å². The van der Waals surface area contributed by atoms with Crippen molar-refractivity contribution in [1.82, 2.24) is 0 Å². The summed E-state index contributed by atoms with van der Waals surface area (Å²) in [5.41, 5.74) is 22.1. The molecule has 3 heterocycles. The summed E-state index contributed by atoms with van der Waals surface area (Å²) in [4.78, 5) is 5.12. The van der Waals surface area contributed by atoms with Gasteiger partial charge in [-0.05, 0) is 122 Å². The highest BCUT2D eigenvalue weighted by atomic mass is 32.1. The molecule has 0 amide bonds. The van der Waals surface area contributed by atoms with Crippen molar-refractivity contribution < 1.29 is 0 Å². The standard InChI is InChI=1S/C54H37BN2S/c1-33(2)34-29-48-51-49(30-34)57(36-19-7-4-8-20-36)52-41-31-40-39-23-11-14-26-44(39)54(42-24-12-9-21-37(42)38-22-10-13-25-43(38)54)45(40)32-50(41)58-53(52)55(51)46-27-15-16-28-47(46)56(48)35-17-5-3-6-18-35/h3-33H,1-2H3. The van der Waals surface area contributed by atoms with E-state index in [1.54, 1.807) is 0 Å². The second-order valence-corrected chi connectivity index (χ2v) is 17.6. The van der Waals surface area contributed by atoms with E-state index in [2.05, 4.69) is 206 Å². The second kappa shape index (κ2) is 11.7. The van der Waals surface area contributed by atoms with Gasteiger partial charge in [0.2, 0.25) is 0 Å². The van der Waals surface area contributed by atoms with E-state index >= 15 is 0 Å². The van der Waals surface area contributed by atoms with Crippen LogP contribution >= 0.6 is 11.3 Å². The van der Waals surface area contributed by atoms with Gasteiger partial charge in [0.25, 0.3) is 6.71 Å². The Morgan fingerprint density at radius 3 is 1.62 bits per heavy atom. The third-order valence-electron chi connectivity index (χ3n) is 13.4. The van der Waals surface area contributed by atoms with Crippen molar-refractivity contribution in [3.05, 3.63) is 210 Å². The monoisotopic (exact) mass is 756 g/mol. The number of para-hydroxylation sites is 3. The van der Waals surface area contributed by atoms with Crippen LogP contribution in [0.1, 0.15) is 47.6 Å². The Hall–Kier alpha value is -6.62. The van der Waals surface area contributed by atoms with E-state index in [-0.39, 0.29) is 12.1 Å². The molecule has 0 unspecified atom stereocenters. The number of rotatable bonds is 3. The predicted octanol–water partition coefficient (Wildman–Crippen LogP) is 12.5. The summed E-state index contributed by atoms with van der Waals surface area (Å²) in [6, 6.07) is 68.8. The molecule has 0 bridgehead atoms. The number of anilines is 6. The smallest absolute Gasteiger partial charge is 0.264 e. The Balaban J connectivity index is 1.16. The van der Waals surface area contributed by atoms with Crippen molar-refractivity contribution in [2.45, 2.75) is 25.2 Å². The van der Waals surface area contributed by atoms with Crippen LogP contribution in [0.4, 0.5) is 34.1 Å². The predicted molar refractivity (Wildman–Crippen MR) is 246 cm³/mol. The van der Waals surface area contributed by atoms with E-state index in [0.717, 1.165) is 0 Å². The highest BCUT2D eigenvalue weighted by molar-refractivity contribution is 7.33. The second-order valence-electron chi connectivity index (χ2n) is 16.6. The quantitative estimate of drug-likeness (QED) is 0.166. The lowest BCUT2D eigenvalue weighted by atomic mass is 9.36. The maximum Gasteiger partial charge on any atom is 0.264 e. The van der Waals surface area contributed by atoms with Gasteiger partial charge in [-0.3, -0.25) is 0 Å². The topological polar surface area (TPSA) is 6.48 Å². The summed E-state index contributed by atoms with van der Waals surface area (Å²) < 4.78 is 2.74. The van der Waals surface area contributed by atoms with Crippen LogP contribution in [-0.4, -0.2) is 6.71 Å². The van der Waals surface area contributed by atoms with E-state index in [9.17, 15) is 0 Å². The first-order valence-corrected chi connectivity index (χ1v) is 21.3. The molecular weight excluding hydrogens is 719 g/mol. The number of nitrogens with zero attached hydrogens (tertiary/aromatic N) is 2. The largest absolute Gasteiger partial charge is 0.311 e. The number of thiophene rings is 1. The SMILES string of the molecule is CC(C)c1cc2c3c(c1)N(c1ccccc1)c1c(sc4cc5c(cc14)-c1ccccc1C51c4ccccc4-c4ccccc41)B3c1ccccc1N2c1ccccc1. The molecule has 4 aliphatic rings. The molecule has 9 aromatic rings. The summed E-state index contributed by atoms with van der Waals surface area (Å²) in [6.07, 6.45) is 0. The van der Waals surface area contributed by atoms with Crippen LogP contribution in [0.3, 0.4) is 0 Å². The zero-order valence-corrected chi connectivity index (χ0v) is 33.1. The van der Waals surface area contributed by atoms with Gasteiger partial charge in [-0.25, -0.2) is 0 Å². The first-order chi connectivity index (χ1) is 28.6. The molecule has 2 nitrogen and oxygen atoms in total. The van der Waals surface area contributed by atoms with Gasteiger partial charge in [0.05, 0.1) is 11.1 Å². The van der Waals surface area contributed by atoms with Gasteiger partial charge in [0.1, 0.15) is 0 Å². The number of fused-ring (bicyclic) bond motifs is 16. The Labute approximate surface area is 343 Å². The molecule has 272 valence electrons. The minimum atomic E-state index is -0.382. The molecule has 2 aliphatic carbocycles. The molecule has 1 aromatic heterocycles. The van der Waals surface area contributed by atoms with Crippen LogP contribution in [0.2, 0.25) is 0 Å². The van der Waals surface area contributed by atoms with Crippen LogP contribution in [0, 0.1) is 0 Å². The van der Waals surface area contributed by atoms with Crippen molar-refractivity contribution in [3.63, 3.8) is 0 Å². The molecule has 0 atom stereocenters. The van der Waals surface area contributed by atoms with Gasteiger partial charge >= 0.3 is 0 Å². The van der Waals surface area contributed by atoms with Gasteiger partial charge in [0, 0.05) is 43.3 Å². The van der Waals surface area contributed by atoms with E-state index in [0.29, 0.717) is 5.92 Å². The van der Waals surface area contributed by atoms with Crippen LogP contribution in [0.5, 0.6) is 0 Å². The molecular formula is C54H37BN2S. The Morgan fingerprint density at radius 1 is 0.483 bits per heavy atom. The number of benzene rings is 8. The number of hydrogen-bond acceptors (Lipinski definition) is 3. The van der Waals surface area contributed by atoms with Crippen LogP contribution in [0.25, 0.3) is 32.3 Å². The minimum absolute atomic E-state index is 0.0822. The Kier molecular flexibility index (Phi) is 6.56. The lowest BCUT2D eigenvalue weighted by Gasteiger charge is -2.43. The molecule has 13 rings (SSSR count). The average Bonchev–Trinajstić information content (AvgIpc) is 3.89. The average molecular weight is 757 g/mol. The minimum Gasteiger partial charge on any atom is -0.311 e. The Bertz CT molecular complexity index is 3140. The molecule has 8 aromatic carbocycles. The lowest BCUT2D eigenvalue weighted by molar-refractivity contribution is 0.795. The summed E-state index contributed by atoms with van der Waals surface area (Å²) >= 11 is 2.00. The molecule has 0 saturated heterocycles. The molecule has 4 heteroatoms. The zero-order chi connectivity index (χ0) is 38.3. The highest BCUT2D eigenvalue weighted by Gasteiger charge is 2.52. The van der Waals surface area contributed by atoms with Crippen molar-refractivity contribution in [2.75, 3.05) is 9.80 Å². The van der Waals surface area contributed by atoms with Gasteiger partial charge in [-0.1, -0.05) is 141 Å². The summed E-state index contributed by atoms with van der Waals surface area (Å²) in [6.45, 7) is 4.73. The van der Waals surface area contributed by atoms with Gasteiger partial charge in [-0.2, -0.15) is 0 Å². The zero-order valence-electron chi connectivity index (χ0n) is 32.3. The fourth-order valence-electron chi connectivity index (χ4n) is 11.1. The summed E-state index contributed by atoms with van der Waals surface area (Å²) in [5.74, 6) is 0.348. The van der Waals surface area contributed by atoms with E-state index in [1.165, 1.54) is 110 Å². The number of hydrogen-bond donors (Lipinski definition) is 0. The molecule has 0 radical (unpaired) electrons. The summed E-state index contributed by atoms with van der Waals surface area (Å²) in [5, 5.41) is 1.32. The van der Waals surface area contributed by atoms with E-state index in [4.69, 9.17) is 0 Å². The highest BCUT2D eigenvalue weighted by Crippen LogP contribution is 2.64. The molecule has 0 saturated carbocycles. The van der Waals surface area contributed by atoms with E-state index in [1.807, 2.05) is 11.3 Å². The van der Waals surface area contributed by atoms with Crippen molar-refractivity contribution >= 4 is 78.0 Å². The van der Waals surface area contributed by atoms with E-state index < -0.39 is 0 Å². The normalized spacial score (nSPS) is 14.6. The fraction of sp³-hybridized carbons (Fsp3) is 0.0741. The van der Waals surface area contributed by atoms with Crippen molar-refractivity contribution in [1.29, 1.82) is 0 Å². The molecule has 1 spiro atoms. The lowest BCUT2D eigenvalue weighted by Crippen LogP contribution is -2.60. The third kappa shape index (κ3) is 4.03. The maximum atomic E-state index is 2.61. The maximum absolute atomic E-state index is 2.61. The van der Waals surface area contributed by atoms with Gasteiger partial charge in [0.15, 0.2) is 0 Å². The molecule has 58 heavy (non-hydrogen) atoms.